The van der Waals surface area contributed by atoms with Crippen LogP contribution in [0.5, 0.6) is 0 Å². The van der Waals surface area contributed by atoms with Crippen molar-refractivity contribution < 1.29 is 14.3 Å². The van der Waals surface area contributed by atoms with E-state index in [1.807, 2.05) is 43.3 Å². The topological polar surface area (TPSA) is 43.4 Å². The van der Waals surface area contributed by atoms with Gasteiger partial charge in [-0.2, -0.15) is 0 Å². The quantitative estimate of drug-likeness (QED) is 0.482. The van der Waals surface area contributed by atoms with Gasteiger partial charge in [-0.1, -0.05) is 36.4 Å². The highest BCUT2D eigenvalue weighted by molar-refractivity contribution is 6.38. The second-order valence-corrected chi connectivity index (χ2v) is 4.82. The first-order valence-corrected chi connectivity index (χ1v) is 6.93. The number of hydrogen-bond acceptors (Lipinski definition) is 3. The first-order valence-electron chi connectivity index (χ1n) is 6.93. The molecule has 0 heterocycles. The SMILES string of the molecule is CCOC(/C=C/c1ccccc1)=C1C(=O)C(C)=C(C)C1=O. The zero-order chi connectivity index (χ0) is 15.4. The summed E-state index contributed by atoms with van der Waals surface area (Å²) in [4.78, 5) is 24.4. The molecule has 3 nitrogen and oxygen atoms in total. The van der Waals surface area contributed by atoms with Crippen LogP contribution in [0.2, 0.25) is 0 Å². The Hall–Kier alpha value is -2.42. The van der Waals surface area contributed by atoms with Crippen molar-refractivity contribution in [2.75, 3.05) is 6.61 Å². The van der Waals surface area contributed by atoms with Gasteiger partial charge in [-0.3, -0.25) is 9.59 Å². The van der Waals surface area contributed by atoms with Crippen LogP contribution in [-0.2, 0) is 14.3 Å². The van der Waals surface area contributed by atoms with Gasteiger partial charge in [-0.05, 0) is 32.4 Å². The fourth-order valence-electron chi connectivity index (χ4n) is 2.14. The van der Waals surface area contributed by atoms with Crippen LogP contribution in [-0.4, -0.2) is 18.2 Å². The number of rotatable bonds is 4. The highest BCUT2D eigenvalue weighted by atomic mass is 16.5. The minimum atomic E-state index is -0.237. The average Bonchev–Trinajstić information content (AvgIpc) is 2.69. The van der Waals surface area contributed by atoms with Gasteiger partial charge in [-0.15, -0.1) is 0 Å². The van der Waals surface area contributed by atoms with E-state index in [9.17, 15) is 9.59 Å². The second-order valence-electron chi connectivity index (χ2n) is 4.82. The van der Waals surface area contributed by atoms with E-state index in [4.69, 9.17) is 4.74 Å². The molecule has 0 N–H and O–H groups in total. The Bertz CT molecular complexity index is 635. The Kier molecular flexibility index (Phi) is 4.53. The number of carbonyl (C=O) groups excluding carboxylic acids is 2. The lowest BCUT2D eigenvalue weighted by Gasteiger charge is -2.07. The van der Waals surface area contributed by atoms with E-state index in [-0.39, 0.29) is 17.1 Å². The van der Waals surface area contributed by atoms with Gasteiger partial charge < -0.3 is 4.74 Å². The Morgan fingerprint density at radius 1 is 1.05 bits per heavy atom. The van der Waals surface area contributed by atoms with Crippen LogP contribution in [0.3, 0.4) is 0 Å². The van der Waals surface area contributed by atoms with E-state index < -0.39 is 0 Å². The molecule has 2 rings (SSSR count). The molecular weight excluding hydrogens is 264 g/mol. The summed E-state index contributed by atoms with van der Waals surface area (Å²) < 4.78 is 5.51. The zero-order valence-corrected chi connectivity index (χ0v) is 12.5. The largest absolute Gasteiger partial charge is 0.493 e. The third-order valence-corrected chi connectivity index (χ3v) is 3.47. The summed E-state index contributed by atoms with van der Waals surface area (Å²) >= 11 is 0. The first-order chi connectivity index (χ1) is 10.1. The van der Waals surface area contributed by atoms with Crippen LogP contribution >= 0.6 is 0 Å². The van der Waals surface area contributed by atoms with Crippen LogP contribution in [0.25, 0.3) is 6.08 Å². The van der Waals surface area contributed by atoms with Crippen LogP contribution in [0.15, 0.2) is 58.9 Å². The molecule has 108 valence electrons. The lowest BCUT2D eigenvalue weighted by Crippen LogP contribution is -2.09. The predicted molar refractivity (Wildman–Crippen MR) is 82.5 cm³/mol. The molecule has 0 aliphatic heterocycles. The molecular formula is C18H18O3. The summed E-state index contributed by atoms with van der Waals surface area (Å²) in [7, 11) is 0. The Morgan fingerprint density at radius 2 is 1.62 bits per heavy atom. The molecule has 0 bridgehead atoms. The third kappa shape index (κ3) is 3.02. The minimum Gasteiger partial charge on any atom is -0.493 e. The number of Topliss-reactive ketones (excluding diaryl/α,β-unsaturated/α-hetero) is 2. The van der Waals surface area contributed by atoms with Crippen molar-refractivity contribution in [1.29, 1.82) is 0 Å². The summed E-state index contributed by atoms with van der Waals surface area (Å²) in [5.74, 6) is -0.134. The smallest absolute Gasteiger partial charge is 0.196 e. The van der Waals surface area contributed by atoms with Gasteiger partial charge in [0.1, 0.15) is 11.3 Å². The Morgan fingerprint density at radius 3 is 2.14 bits per heavy atom. The van der Waals surface area contributed by atoms with E-state index in [0.717, 1.165) is 5.56 Å². The fourth-order valence-corrected chi connectivity index (χ4v) is 2.14. The van der Waals surface area contributed by atoms with Gasteiger partial charge in [0.15, 0.2) is 11.6 Å². The van der Waals surface area contributed by atoms with Gasteiger partial charge in [0.05, 0.1) is 6.61 Å². The molecule has 0 unspecified atom stereocenters. The molecule has 0 amide bonds. The number of benzene rings is 1. The van der Waals surface area contributed by atoms with Gasteiger partial charge in [0, 0.05) is 11.1 Å². The highest BCUT2D eigenvalue weighted by Gasteiger charge is 2.33. The van der Waals surface area contributed by atoms with Crippen LogP contribution in [0.1, 0.15) is 26.3 Å². The molecule has 0 aromatic heterocycles. The van der Waals surface area contributed by atoms with Gasteiger partial charge >= 0.3 is 0 Å². The van der Waals surface area contributed by atoms with E-state index in [1.54, 1.807) is 19.9 Å². The van der Waals surface area contributed by atoms with Crippen LogP contribution in [0.4, 0.5) is 0 Å². The molecule has 0 spiro atoms. The number of ether oxygens (including phenoxy) is 1. The van der Waals surface area contributed by atoms with Crippen molar-refractivity contribution in [2.45, 2.75) is 20.8 Å². The maximum absolute atomic E-state index is 12.2. The van der Waals surface area contributed by atoms with Crippen molar-refractivity contribution in [3.05, 3.63) is 64.4 Å². The van der Waals surface area contributed by atoms with Crippen LogP contribution < -0.4 is 0 Å². The molecule has 21 heavy (non-hydrogen) atoms. The molecule has 1 aliphatic rings. The number of carbonyl (C=O) groups is 2. The van der Waals surface area contributed by atoms with Crippen molar-refractivity contribution in [3.8, 4) is 0 Å². The molecule has 0 atom stereocenters. The molecule has 0 saturated carbocycles. The minimum absolute atomic E-state index is 0.138. The van der Waals surface area contributed by atoms with Crippen molar-refractivity contribution in [2.24, 2.45) is 0 Å². The monoisotopic (exact) mass is 282 g/mol. The standard InChI is InChI=1S/C18H18O3/c1-4-21-15(11-10-14-8-6-5-7-9-14)16-17(19)12(2)13(3)18(16)20/h5-11H,4H2,1-3H3/b11-10+. The second kappa shape index (κ2) is 6.35. The third-order valence-electron chi connectivity index (χ3n) is 3.47. The van der Waals surface area contributed by atoms with Gasteiger partial charge in [0.2, 0.25) is 0 Å². The predicted octanol–water partition coefficient (Wildman–Crippen LogP) is 3.48. The number of ketones is 2. The van der Waals surface area contributed by atoms with Crippen molar-refractivity contribution in [1.82, 2.24) is 0 Å². The summed E-state index contributed by atoms with van der Waals surface area (Å²) in [6.45, 7) is 5.57. The summed E-state index contributed by atoms with van der Waals surface area (Å²) in [5.41, 5.74) is 2.12. The maximum atomic E-state index is 12.2. The molecule has 0 fully saturated rings. The lowest BCUT2D eigenvalue weighted by atomic mass is 10.1. The van der Waals surface area contributed by atoms with Crippen molar-refractivity contribution in [3.63, 3.8) is 0 Å². The molecule has 1 aromatic carbocycles. The summed E-state index contributed by atoms with van der Waals surface area (Å²) in [6.07, 6.45) is 3.53. The summed E-state index contributed by atoms with van der Waals surface area (Å²) in [6, 6.07) is 9.67. The molecule has 1 aromatic rings. The molecule has 1 aliphatic carbocycles. The Balaban J connectivity index is 2.40. The molecule has 0 radical (unpaired) electrons. The van der Waals surface area contributed by atoms with E-state index in [1.165, 1.54) is 0 Å². The van der Waals surface area contributed by atoms with Crippen molar-refractivity contribution >= 4 is 17.6 Å². The van der Waals surface area contributed by atoms with Crippen LogP contribution in [0, 0.1) is 0 Å². The zero-order valence-electron chi connectivity index (χ0n) is 12.5. The Labute approximate surface area is 124 Å². The summed E-state index contributed by atoms with van der Waals surface area (Å²) in [5, 5.41) is 0. The van der Waals surface area contributed by atoms with E-state index >= 15 is 0 Å². The van der Waals surface area contributed by atoms with Gasteiger partial charge in [0.25, 0.3) is 0 Å². The normalized spacial score (nSPS) is 15.3. The number of hydrogen-bond donors (Lipinski definition) is 0. The van der Waals surface area contributed by atoms with Gasteiger partial charge in [-0.25, -0.2) is 0 Å². The lowest BCUT2D eigenvalue weighted by molar-refractivity contribution is -0.116. The first kappa shape index (κ1) is 15.0. The van der Waals surface area contributed by atoms with E-state index in [0.29, 0.717) is 23.5 Å². The maximum Gasteiger partial charge on any atom is 0.196 e. The highest BCUT2D eigenvalue weighted by Crippen LogP contribution is 2.27. The number of allylic oxidation sites excluding steroid dienone is 4. The molecule has 0 saturated heterocycles. The average molecular weight is 282 g/mol. The fraction of sp³-hybridized carbons (Fsp3) is 0.222. The van der Waals surface area contributed by atoms with E-state index in [2.05, 4.69) is 0 Å². The molecule has 3 heteroatoms.